The van der Waals surface area contributed by atoms with Crippen molar-refractivity contribution in [2.24, 2.45) is 0 Å². The number of hydrogen-bond acceptors (Lipinski definition) is 4. The molecule has 0 spiro atoms. The van der Waals surface area contributed by atoms with Crippen molar-refractivity contribution < 1.29 is 13.2 Å². The molecule has 1 amide bonds. The summed E-state index contributed by atoms with van der Waals surface area (Å²) in [4.78, 5) is 12.7. The van der Waals surface area contributed by atoms with E-state index in [1.165, 1.54) is 56.0 Å². The van der Waals surface area contributed by atoms with Gasteiger partial charge >= 0.3 is 0 Å². The zero-order valence-corrected chi connectivity index (χ0v) is 20.5. The van der Waals surface area contributed by atoms with Crippen molar-refractivity contribution >= 4 is 56.6 Å². The van der Waals surface area contributed by atoms with E-state index in [9.17, 15) is 13.2 Å². The van der Waals surface area contributed by atoms with Crippen molar-refractivity contribution in [3.8, 4) is 0 Å². The van der Waals surface area contributed by atoms with Gasteiger partial charge in [-0.3, -0.25) is 9.10 Å². The summed E-state index contributed by atoms with van der Waals surface area (Å²) in [6.45, 7) is 2.01. The monoisotopic (exact) mass is 500 g/mol. The number of anilines is 1. The number of carbonyl (C=O) groups is 1. The first-order valence-corrected chi connectivity index (χ1v) is 13.4. The number of nitrogens with zero attached hydrogens (tertiary/aromatic N) is 1. The van der Waals surface area contributed by atoms with Gasteiger partial charge in [-0.15, -0.1) is 0 Å². The molecule has 2 aromatic rings. The predicted octanol–water partition coefficient (Wildman–Crippen LogP) is 5.29. The molecule has 0 heterocycles. The maximum absolute atomic E-state index is 13.4. The van der Waals surface area contributed by atoms with Gasteiger partial charge in [0.15, 0.2) is 0 Å². The molecule has 5 nitrogen and oxygen atoms in total. The zero-order valence-electron chi connectivity index (χ0n) is 17.3. The van der Waals surface area contributed by atoms with Gasteiger partial charge in [-0.05, 0) is 50.1 Å². The van der Waals surface area contributed by atoms with Gasteiger partial charge in [-0.1, -0.05) is 53.7 Å². The second-order valence-electron chi connectivity index (χ2n) is 7.58. The van der Waals surface area contributed by atoms with Crippen molar-refractivity contribution in [1.82, 2.24) is 5.32 Å². The third-order valence-electron chi connectivity index (χ3n) is 5.11. The highest BCUT2D eigenvalue weighted by molar-refractivity contribution is 7.99. The summed E-state index contributed by atoms with van der Waals surface area (Å²) in [5.41, 5.74) is 1.18. The number of aryl methyl sites for hydroxylation is 1. The third-order valence-corrected chi connectivity index (χ3v) is 8.72. The third kappa shape index (κ3) is 6.78. The lowest BCUT2D eigenvalue weighted by Crippen LogP contribution is -2.41. The summed E-state index contributed by atoms with van der Waals surface area (Å²) in [5, 5.41) is 4.09. The fourth-order valence-corrected chi connectivity index (χ4v) is 6.63. The summed E-state index contributed by atoms with van der Waals surface area (Å²) >= 11 is 14.1. The van der Waals surface area contributed by atoms with Gasteiger partial charge < -0.3 is 5.32 Å². The van der Waals surface area contributed by atoms with E-state index in [2.05, 4.69) is 5.32 Å². The maximum Gasteiger partial charge on any atom is 0.264 e. The van der Waals surface area contributed by atoms with E-state index in [1.54, 1.807) is 12.1 Å². The number of hydrogen-bond donors (Lipinski definition) is 1. The van der Waals surface area contributed by atoms with Crippen LogP contribution in [0.4, 0.5) is 5.69 Å². The van der Waals surface area contributed by atoms with Crippen molar-refractivity contribution in [3.05, 3.63) is 58.1 Å². The minimum atomic E-state index is -3.99. The highest BCUT2D eigenvalue weighted by atomic mass is 35.5. The molecule has 0 atom stereocenters. The molecule has 0 radical (unpaired) electrons. The molecular weight excluding hydrogens is 475 g/mol. The van der Waals surface area contributed by atoms with Crippen molar-refractivity contribution in [2.75, 3.05) is 23.1 Å². The van der Waals surface area contributed by atoms with Crippen LogP contribution in [-0.2, 0) is 14.8 Å². The fourth-order valence-electron chi connectivity index (χ4n) is 3.49. The van der Waals surface area contributed by atoms with Crippen LogP contribution in [-0.4, -0.2) is 38.4 Å². The van der Waals surface area contributed by atoms with Crippen molar-refractivity contribution in [1.29, 1.82) is 0 Å². The number of halogens is 2. The highest BCUT2D eigenvalue weighted by Crippen LogP contribution is 2.30. The summed E-state index contributed by atoms with van der Waals surface area (Å²) in [5.74, 6) is 0.434. The molecule has 0 unspecified atom stereocenters. The van der Waals surface area contributed by atoms with E-state index in [1.807, 2.05) is 18.7 Å². The summed E-state index contributed by atoms with van der Waals surface area (Å²) in [6.07, 6.45) is 5.02. The SMILES string of the molecule is Cc1ccc(S(=O)(=O)N(CC(=O)NCCSC2CCCC2)c2cc(Cl)cc(Cl)c2)cc1. The molecule has 1 N–H and O–H groups in total. The topological polar surface area (TPSA) is 66.5 Å². The van der Waals surface area contributed by atoms with E-state index in [0.29, 0.717) is 21.8 Å². The molecule has 1 saturated carbocycles. The van der Waals surface area contributed by atoms with Gasteiger partial charge in [0.05, 0.1) is 10.6 Å². The molecule has 0 saturated heterocycles. The second kappa shape index (κ2) is 10.9. The van der Waals surface area contributed by atoms with Crippen molar-refractivity contribution in [2.45, 2.75) is 42.8 Å². The summed E-state index contributed by atoms with van der Waals surface area (Å²) < 4.78 is 27.8. The van der Waals surface area contributed by atoms with Gasteiger partial charge in [-0.2, -0.15) is 11.8 Å². The van der Waals surface area contributed by atoms with Crippen LogP contribution in [0.25, 0.3) is 0 Å². The first-order chi connectivity index (χ1) is 14.8. The molecule has 9 heteroatoms. The predicted molar refractivity (Wildman–Crippen MR) is 130 cm³/mol. The van der Waals surface area contributed by atoms with Crippen LogP contribution in [0.1, 0.15) is 31.2 Å². The van der Waals surface area contributed by atoms with Crippen LogP contribution in [0.15, 0.2) is 47.4 Å². The Morgan fingerprint density at radius 1 is 1.10 bits per heavy atom. The number of benzene rings is 2. The second-order valence-corrected chi connectivity index (χ2v) is 11.7. The highest BCUT2D eigenvalue weighted by Gasteiger charge is 2.27. The Hall–Kier alpha value is -1.41. The lowest BCUT2D eigenvalue weighted by molar-refractivity contribution is -0.119. The first kappa shape index (κ1) is 24.2. The molecular formula is C22H26Cl2N2O3S2. The summed E-state index contributed by atoms with van der Waals surface area (Å²) in [7, 11) is -3.99. The van der Waals surface area contributed by atoms with E-state index in [4.69, 9.17) is 23.2 Å². The van der Waals surface area contributed by atoms with Gasteiger partial charge in [-0.25, -0.2) is 8.42 Å². The Bertz CT molecular complexity index is 988. The molecule has 168 valence electrons. The van der Waals surface area contributed by atoms with Crippen LogP contribution in [0.3, 0.4) is 0 Å². The average molecular weight is 502 g/mol. The Labute approximate surface area is 198 Å². The minimum Gasteiger partial charge on any atom is -0.354 e. The summed E-state index contributed by atoms with van der Waals surface area (Å²) in [6, 6.07) is 11.0. The smallest absolute Gasteiger partial charge is 0.264 e. The van der Waals surface area contributed by atoms with Gasteiger partial charge in [0, 0.05) is 27.6 Å². The quantitative estimate of drug-likeness (QED) is 0.475. The lowest BCUT2D eigenvalue weighted by Gasteiger charge is -2.24. The number of carbonyl (C=O) groups excluding carboxylic acids is 1. The molecule has 1 fully saturated rings. The van der Waals surface area contributed by atoms with E-state index < -0.39 is 10.0 Å². The normalized spacial score (nSPS) is 14.5. The number of thioether (sulfide) groups is 1. The molecule has 2 aromatic carbocycles. The Balaban J connectivity index is 1.75. The van der Waals surface area contributed by atoms with E-state index in [-0.39, 0.29) is 23.0 Å². The maximum atomic E-state index is 13.4. The largest absolute Gasteiger partial charge is 0.354 e. The zero-order chi connectivity index (χ0) is 22.4. The fraction of sp³-hybridized carbons (Fsp3) is 0.409. The number of amides is 1. The van der Waals surface area contributed by atoms with Gasteiger partial charge in [0.1, 0.15) is 6.54 Å². The Morgan fingerprint density at radius 2 is 1.71 bits per heavy atom. The minimum absolute atomic E-state index is 0.0961. The lowest BCUT2D eigenvalue weighted by atomic mass is 10.2. The van der Waals surface area contributed by atoms with E-state index in [0.717, 1.165) is 15.6 Å². The first-order valence-electron chi connectivity index (χ1n) is 10.2. The average Bonchev–Trinajstić information content (AvgIpc) is 3.22. The standard InChI is InChI=1S/C22H26Cl2N2O3S2/c1-16-6-8-21(9-7-16)31(28,29)26(19-13-17(23)12-18(24)14-19)15-22(27)25-10-11-30-20-4-2-3-5-20/h6-9,12-14,20H,2-5,10-11,15H2,1H3,(H,25,27). The van der Waals surface area contributed by atoms with Crippen LogP contribution >= 0.6 is 35.0 Å². The van der Waals surface area contributed by atoms with Crippen LogP contribution in [0.2, 0.25) is 10.0 Å². The van der Waals surface area contributed by atoms with Crippen LogP contribution < -0.4 is 9.62 Å². The molecule has 0 bridgehead atoms. The molecule has 31 heavy (non-hydrogen) atoms. The number of sulfonamides is 1. The number of rotatable bonds is 9. The Morgan fingerprint density at radius 3 is 2.32 bits per heavy atom. The Kier molecular flexibility index (Phi) is 8.56. The van der Waals surface area contributed by atoms with Gasteiger partial charge in [0.2, 0.25) is 5.91 Å². The van der Waals surface area contributed by atoms with Crippen LogP contribution in [0.5, 0.6) is 0 Å². The molecule has 0 aliphatic heterocycles. The van der Waals surface area contributed by atoms with Crippen molar-refractivity contribution in [3.63, 3.8) is 0 Å². The molecule has 1 aliphatic rings. The van der Waals surface area contributed by atoms with Crippen LogP contribution in [0, 0.1) is 6.92 Å². The number of nitrogens with one attached hydrogen (secondary N) is 1. The van der Waals surface area contributed by atoms with Gasteiger partial charge in [0.25, 0.3) is 10.0 Å². The van der Waals surface area contributed by atoms with E-state index >= 15 is 0 Å². The molecule has 0 aromatic heterocycles. The molecule has 1 aliphatic carbocycles. The molecule has 3 rings (SSSR count).